The number of benzene rings is 1. The Balaban J connectivity index is 1.88. The maximum absolute atomic E-state index is 12.7. The fourth-order valence-electron chi connectivity index (χ4n) is 2.95. The van der Waals surface area contributed by atoms with E-state index in [9.17, 15) is 13.2 Å². The molecule has 1 aromatic carbocycles. The normalized spacial score (nSPS) is 16.3. The van der Waals surface area contributed by atoms with E-state index in [1.807, 2.05) is 13.8 Å². The van der Waals surface area contributed by atoms with Gasteiger partial charge in [-0.3, -0.25) is 9.52 Å². The third-order valence-electron chi connectivity index (χ3n) is 4.18. The van der Waals surface area contributed by atoms with Crippen LogP contribution in [0.15, 0.2) is 23.1 Å². The van der Waals surface area contributed by atoms with Crippen molar-refractivity contribution in [2.75, 3.05) is 10.0 Å². The number of hydrogen-bond donors (Lipinski definition) is 2. The molecule has 9 heteroatoms. The van der Waals surface area contributed by atoms with E-state index < -0.39 is 15.4 Å². The Morgan fingerprint density at radius 1 is 1.31 bits per heavy atom. The molecule has 0 radical (unpaired) electrons. The molecule has 7 nitrogen and oxygen atoms in total. The van der Waals surface area contributed by atoms with Crippen LogP contribution in [0.1, 0.15) is 44.7 Å². The fourth-order valence-corrected chi connectivity index (χ4v) is 5.16. The minimum Gasteiger partial charge on any atom is -0.326 e. The van der Waals surface area contributed by atoms with Crippen molar-refractivity contribution in [3.8, 4) is 0 Å². The lowest BCUT2D eigenvalue weighted by Crippen LogP contribution is -2.32. The number of amides is 1. The molecule has 1 aliphatic rings. The van der Waals surface area contributed by atoms with Gasteiger partial charge in [-0.25, -0.2) is 8.42 Å². The van der Waals surface area contributed by atoms with Crippen LogP contribution in [0, 0.1) is 5.92 Å². The molecule has 0 atom stereocenters. The second-order valence-corrected chi connectivity index (χ2v) is 10.3. The van der Waals surface area contributed by atoms with Crippen molar-refractivity contribution in [3.05, 3.63) is 28.8 Å². The van der Waals surface area contributed by atoms with Gasteiger partial charge in [-0.1, -0.05) is 39.0 Å². The number of nitrogens with zero attached hydrogens (tertiary/aromatic N) is 2. The van der Waals surface area contributed by atoms with Gasteiger partial charge in [0.25, 0.3) is 10.0 Å². The molecule has 1 aromatic heterocycles. The van der Waals surface area contributed by atoms with E-state index in [-0.39, 0.29) is 15.9 Å². The van der Waals surface area contributed by atoms with Gasteiger partial charge < -0.3 is 5.32 Å². The number of carbonyl (C=O) groups is 1. The average Bonchev–Trinajstić information content (AvgIpc) is 2.91. The number of anilines is 2. The molecule has 2 heterocycles. The Morgan fingerprint density at radius 3 is 2.73 bits per heavy atom. The maximum Gasteiger partial charge on any atom is 0.263 e. The summed E-state index contributed by atoms with van der Waals surface area (Å²) in [7, 11) is -3.78. The van der Waals surface area contributed by atoms with Crippen LogP contribution in [0.4, 0.5) is 10.8 Å². The zero-order chi connectivity index (χ0) is 19.1. The number of rotatable bonds is 5. The van der Waals surface area contributed by atoms with E-state index in [4.69, 9.17) is 0 Å². The van der Waals surface area contributed by atoms with Gasteiger partial charge in [0.1, 0.15) is 5.01 Å². The lowest BCUT2D eigenvalue weighted by molar-refractivity contribution is -0.117. The first-order valence-corrected chi connectivity index (χ1v) is 10.7. The highest BCUT2D eigenvalue weighted by Gasteiger charge is 2.33. The molecule has 0 fully saturated rings. The largest absolute Gasteiger partial charge is 0.326 e. The number of hydrogen-bond acceptors (Lipinski definition) is 6. The van der Waals surface area contributed by atoms with Gasteiger partial charge >= 0.3 is 0 Å². The Labute approximate surface area is 157 Å². The van der Waals surface area contributed by atoms with E-state index in [1.165, 1.54) is 17.4 Å². The van der Waals surface area contributed by atoms with Gasteiger partial charge in [0, 0.05) is 23.9 Å². The maximum atomic E-state index is 12.7. The Bertz CT molecular complexity index is 949. The molecule has 2 N–H and O–H groups in total. The number of aromatic nitrogens is 2. The van der Waals surface area contributed by atoms with Crippen LogP contribution in [0.25, 0.3) is 0 Å². The summed E-state index contributed by atoms with van der Waals surface area (Å²) in [5.41, 5.74) is 1.02. The molecular formula is C17H22N4O3S2. The van der Waals surface area contributed by atoms with Crippen molar-refractivity contribution >= 4 is 38.1 Å². The van der Waals surface area contributed by atoms with E-state index >= 15 is 0 Å². The quantitative estimate of drug-likeness (QED) is 0.811. The van der Waals surface area contributed by atoms with Gasteiger partial charge in [0.05, 0.1) is 4.90 Å². The second-order valence-electron chi connectivity index (χ2n) is 7.52. The third kappa shape index (κ3) is 3.88. The molecule has 1 amide bonds. The van der Waals surface area contributed by atoms with Crippen molar-refractivity contribution in [1.29, 1.82) is 0 Å². The molecule has 0 bridgehead atoms. The van der Waals surface area contributed by atoms with Gasteiger partial charge in [0.15, 0.2) is 0 Å². The SMILES string of the molecule is CC(C)Cc1nnc(NS(=O)(=O)c2ccc3c(c2)C(C)(C)CC(=O)N3)s1. The van der Waals surface area contributed by atoms with Crippen molar-refractivity contribution in [1.82, 2.24) is 10.2 Å². The van der Waals surface area contributed by atoms with E-state index in [2.05, 4.69) is 34.1 Å². The number of fused-ring (bicyclic) bond motifs is 1. The van der Waals surface area contributed by atoms with E-state index in [0.717, 1.165) is 17.0 Å². The fraction of sp³-hybridized carbons (Fsp3) is 0.471. The summed E-state index contributed by atoms with van der Waals surface area (Å²) in [6, 6.07) is 4.74. The van der Waals surface area contributed by atoms with Crippen molar-refractivity contribution in [3.63, 3.8) is 0 Å². The predicted octanol–water partition coefficient (Wildman–Crippen LogP) is 3.16. The van der Waals surface area contributed by atoms with Crippen LogP contribution in [-0.4, -0.2) is 24.5 Å². The van der Waals surface area contributed by atoms with E-state index in [0.29, 0.717) is 18.0 Å². The first-order valence-electron chi connectivity index (χ1n) is 8.36. The zero-order valence-corrected chi connectivity index (χ0v) is 16.8. The Kier molecular flexibility index (Phi) is 4.78. The summed E-state index contributed by atoms with van der Waals surface area (Å²) in [4.78, 5) is 11.9. The van der Waals surface area contributed by atoms with Crippen LogP contribution in [0.5, 0.6) is 0 Å². The molecule has 0 spiro atoms. The lowest BCUT2D eigenvalue weighted by Gasteiger charge is -2.32. The Morgan fingerprint density at radius 2 is 2.04 bits per heavy atom. The number of sulfonamides is 1. The average molecular weight is 395 g/mol. The molecule has 1 aliphatic heterocycles. The standard InChI is InChI=1S/C17H22N4O3S2/c1-10(2)7-15-19-20-16(25-15)21-26(23,24)11-5-6-13-12(8-11)17(3,4)9-14(22)18-13/h5-6,8,10H,7,9H2,1-4H3,(H,18,22)(H,20,21). The minimum absolute atomic E-state index is 0.0669. The number of carbonyl (C=O) groups excluding carboxylic acids is 1. The van der Waals surface area contributed by atoms with Crippen LogP contribution in [0.2, 0.25) is 0 Å². The molecular weight excluding hydrogens is 372 g/mol. The predicted molar refractivity (Wildman–Crippen MR) is 102 cm³/mol. The van der Waals surface area contributed by atoms with Crippen molar-refractivity contribution in [2.24, 2.45) is 5.92 Å². The van der Waals surface area contributed by atoms with Crippen LogP contribution < -0.4 is 10.0 Å². The molecule has 140 valence electrons. The lowest BCUT2D eigenvalue weighted by atomic mass is 9.78. The Hall–Kier alpha value is -2.00. The smallest absolute Gasteiger partial charge is 0.263 e. The van der Waals surface area contributed by atoms with Gasteiger partial charge in [0.2, 0.25) is 11.0 Å². The summed E-state index contributed by atoms with van der Waals surface area (Å²) in [5, 5.41) is 11.8. The first-order chi connectivity index (χ1) is 12.1. The molecule has 26 heavy (non-hydrogen) atoms. The van der Waals surface area contributed by atoms with Gasteiger partial charge in [-0.2, -0.15) is 0 Å². The molecule has 0 saturated heterocycles. The molecule has 2 aromatic rings. The first kappa shape index (κ1) is 18.8. The summed E-state index contributed by atoms with van der Waals surface area (Å²) in [6.07, 6.45) is 1.07. The highest BCUT2D eigenvalue weighted by atomic mass is 32.2. The second kappa shape index (κ2) is 6.62. The van der Waals surface area contributed by atoms with Crippen LogP contribution in [-0.2, 0) is 26.7 Å². The van der Waals surface area contributed by atoms with Crippen molar-refractivity contribution in [2.45, 2.75) is 50.8 Å². The number of nitrogens with one attached hydrogen (secondary N) is 2. The van der Waals surface area contributed by atoms with Crippen molar-refractivity contribution < 1.29 is 13.2 Å². The minimum atomic E-state index is -3.78. The molecule has 0 unspecified atom stereocenters. The summed E-state index contributed by atoms with van der Waals surface area (Å²) < 4.78 is 28.0. The van der Waals surface area contributed by atoms with Gasteiger partial charge in [-0.05, 0) is 29.7 Å². The zero-order valence-electron chi connectivity index (χ0n) is 15.2. The van der Waals surface area contributed by atoms with E-state index in [1.54, 1.807) is 12.1 Å². The highest BCUT2D eigenvalue weighted by molar-refractivity contribution is 7.93. The van der Waals surface area contributed by atoms with Crippen LogP contribution in [0.3, 0.4) is 0 Å². The van der Waals surface area contributed by atoms with Crippen LogP contribution >= 0.6 is 11.3 Å². The third-order valence-corrected chi connectivity index (χ3v) is 6.51. The molecule has 0 aliphatic carbocycles. The van der Waals surface area contributed by atoms with Gasteiger partial charge in [-0.15, -0.1) is 10.2 Å². The molecule has 3 rings (SSSR count). The summed E-state index contributed by atoms with van der Waals surface area (Å²) in [6.45, 7) is 7.99. The summed E-state index contributed by atoms with van der Waals surface area (Å²) >= 11 is 1.24. The molecule has 0 saturated carbocycles. The topological polar surface area (TPSA) is 101 Å². The monoisotopic (exact) mass is 394 g/mol. The summed E-state index contributed by atoms with van der Waals surface area (Å²) in [5.74, 6) is 0.355. The highest BCUT2D eigenvalue weighted by Crippen LogP contribution is 2.38.